The zero-order valence-corrected chi connectivity index (χ0v) is 7.73. The Morgan fingerprint density at radius 2 is 2.00 bits per heavy atom. The molecule has 0 saturated heterocycles. The van der Waals surface area contributed by atoms with Crippen molar-refractivity contribution in [3.63, 3.8) is 0 Å². The predicted octanol–water partition coefficient (Wildman–Crippen LogP) is 2.54. The Kier molecular flexibility index (Phi) is 2.14. The molecule has 0 N–H and O–H groups in total. The van der Waals surface area contributed by atoms with Crippen molar-refractivity contribution < 1.29 is 9.21 Å². The fourth-order valence-electron chi connectivity index (χ4n) is 1.15. The molecule has 0 atom stereocenters. The first-order valence-electron chi connectivity index (χ1n) is 4.29. The van der Waals surface area contributed by atoms with Gasteiger partial charge in [-0.1, -0.05) is 18.2 Å². The van der Waals surface area contributed by atoms with E-state index in [0.29, 0.717) is 11.6 Å². The molecular weight excluding hydrogens is 178 g/mol. The van der Waals surface area contributed by atoms with Crippen molar-refractivity contribution in [2.45, 2.75) is 6.92 Å². The van der Waals surface area contributed by atoms with Crippen LogP contribution in [0.25, 0.3) is 11.5 Å². The highest BCUT2D eigenvalue weighted by Gasteiger charge is 2.08. The fourth-order valence-corrected chi connectivity index (χ4v) is 1.15. The molecular formula is C11H9NO2. The van der Waals surface area contributed by atoms with Crippen molar-refractivity contribution in [1.29, 1.82) is 0 Å². The molecule has 2 rings (SSSR count). The number of oxazole rings is 1. The van der Waals surface area contributed by atoms with Crippen LogP contribution in [-0.4, -0.2) is 10.8 Å². The van der Waals surface area contributed by atoms with Crippen LogP contribution in [-0.2, 0) is 0 Å². The van der Waals surface area contributed by atoms with Gasteiger partial charge in [-0.2, -0.15) is 0 Å². The topological polar surface area (TPSA) is 43.1 Å². The average Bonchev–Trinajstić information content (AvgIpc) is 2.68. The van der Waals surface area contributed by atoms with Crippen LogP contribution >= 0.6 is 0 Å². The molecule has 0 aliphatic carbocycles. The van der Waals surface area contributed by atoms with Gasteiger partial charge in [0.15, 0.2) is 5.78 Å². The third-order valence-corrected chi connectivity index (χ3v) is 1.89. The van der Waals surface area contributed by atoms with Crippen LogP contribution in [0.5, 0.6) is 0 Å². The van der Waals surface area contributed by atoms with E-state index in [4.69, 9.17) is 4.42 Å². The SMILES string of the molecule is CC(=O)c1coc(-c2ccccc2)n1. The van der Waals surface area contributed by atoms with Gasteiger partial charge in [0.25, 0.3) is 0 Å². The van der Waals surface area contributed by atoms with Gasteiger partial charge in [0, 0.05) is 12.5 Å². The van der Waals surface area contributed by atoms with Gasteiger partial charge >= 0.3 is 0 Å². The van der Waals surface area contributed by atoms with E-state index in [0.717, 1.165) is 5.56 Å². The molecule has 3 nitrogen and oxygen atoms in total. The van der Waals surface area contributed by atoms with E-state index in [1.165, 1.54) is 13.2 Å². The second-order valence-corrected chi connectivity index (χ2v) is 2.96. The van der Waals surface area contributed by atoms with Crippen LogP contribution < -0.4 is 0 Å². The summed E-state index contributed by atoms with van der Waals surface area (Å²) >= 11 is 0. The highest BCUT2D eigenvalue weighted by atomic mass is 16.3. The van der Waals surface area contributed by atoms with Gasteiger partial charge in [0.05, 0.1) is 0 Å². The Morgan fingerprint density at radius 3 is 2.57 bits per heavy atom. The third-order valence-electron chi connectivity index (χ3n) is 1.89. The molecule has 0 saturated carbocycles. The maximum atomic E-state index is 11.0. The zero-order valence-electron chi connectivity index (χ0n) is 7.73. The normalized spacial score (nSPS) is 10.1. The van der Waals surface area contributed by atoms with E-state index < -0.39 is 0 Å². The largest absolute Gasteiger partial charge is 0.444 e. The minimum atomic E-state index is -0.0871. The molecule has 2 aromatic rings. The molecule has 0 bridgehead atoms. The van der Waals surface area contributed by atoms with Crippen molar-refractivity contribution in [2.24, 2.45) is 0 Å². The van der Waals surface area contributed by atoms with Crippen LogP contribution in [0.15, 0.2) is 41.0 Å². The van der Waals surface area contributed by atoms with Gasteiger partial charge in [0.2, 0.25) is 5.89 Å². The fraction of sp³-hybridized carbons (Fsp3) is 0.0909. The first kappa shape index (κ1) is 8.69. The summed E-state index contributed by atoms with van der Waals surface area (Å²) in [6.45, 7) is 1.46. The van der Waals surface area contributed by atoms with E-state index in [-0.39, 0.29) is 5.78 Å². The smallest absolute Gasteiger partial charge is 0.226 e. The second kappa shape index (κ2) is 3.46. The monoisotopic (exact) mass is 187 g/mol. The van der Waals surface area contributed by atoms with Crippen molar-refractivity contribution in [1.82, 2.24) is 4.98 Å². The Balaban J connectivity index is 2.39. The Hall–Kier alpha value is -1.90. The second-order valence-electron chi connectivity index (χ2n) is 2.96. The summed E-state index contributed by atoms with van der Waals surface area (Å²) in [5.74, 6) is 0.395. The molecule has 14 heavy (non-hydrogen) atoms. The molecule has 0 fully saturated rings. The van der Waals surface area contributed by atoms with Crippen LogP contribution in [0, 0.1) is 0 Å². The number of hydrogen-bond donors (Lipinski definition) is 0. The predicted molar refractivity (Wildman–Crippen MR) is 51.9 cm³/mol. The molecule has 0 amide bonds. The number of hydrogen-bond acceptors (Lipinski definition) is 3. The van der Waals surface area contributed by atoms with E-state index in [1.807, 2.05) is 30.3 Å². The van der Waals surface area contributed by atoms with Crippen molar-refractivity contribution >= 4 is 5.78 Å². The third kappa shape index (κ3) is 1.57. The van der Waals surface area contributed by atoms with Gasteiger partial charge in [0.1, 0.15) is 12.0 Å². The van der Waals surface area contributed by atoms with Crippen LogP contribution in [0.1, 0.15) is 17.4 Å². The lowest BCUT2D eigenvalue weighted by atomic mass is 10.2. The molecule has 1 heterocycles. The molecule has 0 unspecified atom stereocenters. The Bertz CT molecular complexity index is 445. The number of ketones is 1. The van der Waals surface area contributed by atoms with Gasteiger partial charge in [-0.05, 0) is 12.1 Å². The highest BCUT2D eigenvalue weighted by molar-refractivity contribution is 5.92. The quantitative estimate of drug-likeness (QED) is 0.678. The van der Waals surface area contributed by atoms with Crippen molar-refractivity contribution in [3.8, 4) is 11.5 Å². The minimum Gasteiger partial charge on any atom is -0.444 e. The van der Waals surface area contributed by atoms with Crippen molar-refractivity contribution in [3.05, 3.63) is 42.3 Å². The number of aromatic nitrogens is 1. The van der Waals surface area contributed by atoms with Crippen molar-refractivity contribution in [2.75, 3.05) is 0 Å². The Labute approximate surface area is 81.4 Å². The number of carbonyl (C=O) groups excluding carboxylic acids is 1. The van der Waals surface area contributed by atoms with Gasteiger partial charge in [-0.15, -0.1) is 0 Å². The van der Waals surface area contributed by atoms with E-state index in [1.54, 1.807) is 0 Å². The zero-order chi connectivity index (χ0) is 9.97. The summed E-state index contributed by atoms with van der Waals surface area (Å²) in [5, 5.41) is 0. The maximum Gasteiger partial charge on any atom is 0.226 e. The molecule has 1 aromatic carbocycles. The van der Waals surface area contributed by atoms with E-state index >= 15 is 0 Å². The van der Waals surface area contributed by atoms with Gasteiger partial charge in [-0.25, -0.2) is 4.98 Å². The lowest BCUT2D eigenvalue weighted by Gasteiger charge is -1.91. The Morgan fingerprint density at radius 1 is 1.29 bits per heavy atom. The first-order chi connectivity index (χ1) is 6.77. The van der Waals surface area contributed by atoms with Gasteiger partial charge in [-0.3, -0.25) is 4.79 Å². The number of nitrogens with zero attached hydrogens (tertiary/aromatic N) is 1. The van der Waals surface area contributed by atoms with E-state index in [9.17, 15) is 4.79 Å². The minimum absolute atomic E-state index is 0.0871. The number of carbonyl (C=O) groups is 1. The molecule has 3 heteroatoms. The summed E-state index contributed by atoms with van der Waals surface area (Å²) in [6, 6.07) is 9.48. The number of Topliss-reactive ketones (excluding diaryl/α,β-unsaturated/α-hetero) is 1. The average molecular weight is 187 g/mol. The highest BCUT2D eigenvalue weighted by Crippen LogP contribution is 2.17. The lowest BCUT2D eigenvalue weighted by Crippen LogP contribution is -1.90. The standard InChI is InChI=1S/C11H9NO2/c1-8(13)10-7-14-11(12-10)9-5-3-2-4-6-9/h2-7H,1H3. The van der Waals surface area contributed by atoms with Gasteiger partial charge < -0.3 is 4.42 Å². The molecule has 0 spiro atoms. The first-order valence-corrected chi connectivity index (χ1v) is 4.29. The maximum absolute atomic E-state index is 11.0. The molecule has 0 aliphatic heterocycles. The summed E-state index contributed by atoms with van der Waals surface area (Å²) in [7, 11) is 0. The summed E-state index contributed by atoms with van der Waals surface area (Å²) < 4.78 is 5.18. The van der Waals surface area contributed by atoms with Crippen LogP contribution in [0.3, 0.4) is 0 Å². The number of benzene rings is 1. The summed E-state index contributed by atoms with van der Waals surface area (Å²) in [5.41, 5.74) is 1.24. The van der Waals surface area contributed by atoms with Crippen LogP contribution in [0.2, 0.25) is 0 Å². The molecule has 70 valence electrons. The summed E-state index contributed by atoms with van der Waals surface area (Å²) in [6.07, 6.45) is 1.38. The lowest BCUT2D eigenvalue weighted by molar-refractivity contribution is 0.101. The summed E-state index contributed by atoms with van der Waals surface area (Å²) in [4.78, 5) is 15.0. The van der Waals surface area contributed by atoms with Crippen LogP contribution in [0.4, 0.5) is 0 Å². The molecule has 0 radical (unpaired) electrons. The molecule has 1 aromatic heterocycles. The van der Waals surface area contributed by atoms with E-state index in [2.05, 4.69) is 4.98 Å². The molecule has 0 aliphatic rings. The number of rotatable bonds is 2.